The van der Waals surface area contributed by atoms with Gasteiger partial charge in [-0.15, -0.1) is 6.58 Å². The fourth-order valence-electron chi connectivity index (χ4n) is 2.44. The Bertz CT molecular complexity index is 1070. The molecular weight excluding hydrogens is 320 g/mol. The van der Waals surface area contributed by atoms with Gasteiger partial charge in [0.15, 0.2) is 11.2 Å². The van der Waals surface area contributed by atoms with Gasteiger partial charge in [-0.2, -0.15) is 10.1 Å². The summed E-state index contributed by atoms with van der Waals surface area (Å²) in [6.07, 6.45) is 3.29. The number of rotatable bonds is 5. The monoisotopic (exact) mass is 338 g/mol. The lowest BCUT2D eigenvalue weighted by Crippen LogP contribution is -2.29. The van der Waals surface area contributed by atoms with Crippen LogP contribution in [0.2, 0.25) is 0 Å². The number of hydrogen-bond donors (Lipinski definition) is 2. The second kappa shape index (κ2) is 6.60. The molecule has 25 heavy (non-hydrogen) atoms. The summed E-state index contributed by atoms with van der Waals surface area (Å²) >= 11 is 0. The summed E-state index contributed by atoms with van der Waals surface area (Å²) in [6.45, 7) is 6.05. The van der Waals surface area contributed by atoms with Crippen molar-refractivity contribution < 1.29 is 0 Å². The normalized spacial score (nSPS) is 11.3. The van der Waals surface area contributed by atoms with Gasteiger partial charge in [-0.3, -0.25) is 18.9 Å². The van der Waals surface area contributed by atoms with Crippen molar-refractivity contribution in [3.05, 3.63) is 68.9 Å². The van der Waals surface area contributed by atoms with Crippen molar-refractivity contribution in [2.45, 2.75) is 13.5 Å². The predicted octanol–water partition coefficient (Wildman–Crippen LogP) is 1.36. The molecular formula is C17H18N6O2. The highest BCUT2D eigenvalue weighted by Crippen LogP contribution is 2.15. The van der Waals surface area contributed by atoms with Crippen molar-refractivity contribution in [2.24, 2.45) is 12.1 Å². The number of aromatic amines is 1. The zero-order valence-electron chi connectivity index (χ0n) is 14.0. The summed E-state index contributed by atoms with van der Waals surface area (Å²) in [5, 5.41) is 4.17. The Labute approximate surface area is 143 Å². The summed E-state index contributed by atoms with van der Waals surface area (Å²) in [5.74, 6) is 0.352. The molecule has 0 aliphatic rings. The van der Waals surface area contributed by atoms with Gasteiger partial charge in [0.1, 0.15) is 0 Å². The standard InChI is InChI=1S/C17H18N6O2/c1-4-9-23-13-14(22(3)17(25)20-15(13)24)19-16(23)21-18-10-12-7-5-11(2)6-8-12/h4-8,10H,1,9H2,2-3H3,(H,19,21)(H,20,24,25)/b18-10+. The maximum atomic E-state index is 12.2. The number of H-pyrrole nitrogens is 1. The van der Waals surface area contributed by atoms with Crippen molar-refractivity contribution in [2.75, 3.05) is 5.43 Å². The van der Waals surface area contributed by atoms with Gasteiger partial charge in [0.2, 0.25) is 5.95 Å². The molecule has 0 amide bonds. The van der Waals surface area contributed by atoms with Crippen LogP contribution in [0.25, 0.3) is 11.2 Å². The first-order chi connectivity index (χ1) is 12.0. The van der Waals surface area contributed by atoms with E-state index in [1.165, 1.54) is 4.57 Å². The molecule has 0 bridgehead atoms. The van der Waals surface area contributed by atoms with Crippen molar-refractivity contribution in [3.8, 4) is 0 Å². The number of anilines is 1. The van der Waals surface area contributed by atoms with E-state index in [-0.39, 0.29) is 11.2 Å². The molecule has 0 fully saturated rings. The number of nitrogens with zero attached hydrogens (tertiary/aromatic N) is 4. The smallest absolute Gasteiger partial charge is 0.299 e. The van der Waals surface area contributed by atoms with Crippen LogP contribution >= 0.6 is 0 Å². The minimum absolute atomic E-state index is 0.281. The van der Waals surface area contributed by atoms with Crippen LogP contribution in [0.4, 0.5) is 5.95 Å². The molecule has 2 aromatic heterocycles. The highest BCUT2D eigenvalue weighted by molar-refractivity contribution is 5.80. The molecule has 3 rings (SSSR count). The van der Waals surface area contributed by atoms with E-state index in [9.17, 15) is 9.59 Å². The van der Waals surface area contributed by atoms with Gasteiger partial charge in [0.25, 0.3) is 5.56 Å². The van der Waals surface area contributed by atoms with Crippen molar-refractivity contribution in [1.82, 2.24) is 19.1 Å². The van der Waals surface area contributed by atoms with Crippen molar-refractivity contribution in [1.29, 1.82) is 0 Å². The topological polar surface area (TPSA) is 97.1 Å². The molecule has 0 aliphatic heterocycles. The molecule has 0 unspecified atom stereocenters. The number of aromatic nitrogens is 4. The second-order valence-corrected chi connectivity index (χ2v) is 5.61. The summed E-state index contributed by atoms with van der Waals surface area (Å²) in [6, 6.07) is 7.87. The van der Waals surface area contributed by atoms with E-state index < -0.39 is 11.2 Å². The first-order valence-electron chi connectivity index (χ1n) is 7.67. The summed E-state index contributed by atoms with van der Waals surface area (Å²) in [4.78, 5) is 30.5. The number of allylic oxidation sites excluding steroid dienone is 1. The molecule has 2 N–H and O–H groups in total. The van der Waals surface area contributed by atoms with Gasteiger partial charge in [-0.05, 0) is 12.5 Å². The maximum absolute atomic E-state index is 12.2. The van der Waals surface area contributed by atoms with Crippen LogP contribution in [0.1, 0.15) is 11.1 Å². The molecule has 1 aromatic carbocycles. The van der Waals surface area contributed by atoms with E-state index in [4.69, 9.17) is 0 Å². The predicted molar refractivity (Wildman–Crippen MR) is 98.2 cm³/mol. The van der Waals surface area contributed by atoms with E-state index in [1.54, 1.807) is 23.9 Å². The molecule has 128 valence electrons. The fourth-order valence-corrected chi connectivity index (χ4v) is 2.44. The number of aryl methyl sites for hydroxylation is 2. The van der Waals surface area contributed by atoms with Crippen LogP contribution in [0, 0.1) is 6.92 Å². The Balaban J connectivity index is 2.02. The van der Waals surface area contributed by atoms with Crippen LogP contribution in [-0.2, 0) is 13.6 Å². The van der Waals surface area contributed by atoms with Crippen molar-refractivity contribution in [3.63, 3.8) is 0 Å². The SMILES string of the molecule is C=CCn1c(N/N=C/c2ccc(C)cc2)nc2c1c(=O)[nH]c(=O)n2C. The Morgan fingerprint density at radius 3 is 2.72 bits per heavy atom. The zero-order valence-corrected chi connectivity index (χ0v) is 14.0. The first-order valence-corrected chi connectivity index (χ1v) is 7.67. The van der Waals surface area contributed by atoms with Gasteiger partial charge in [0.05, 0.1) is 6.21 Å². The number of imidazole rings is 1. The minimum Gasteiger partial charge on any atom is -0.299 e. The number of hydrazone groups is 1. The third-order valence-corrected chi connectivity index (χ3v) is 3.77. The summed E-state index contributed by atoms with van der Waals surface area (Å²) < 4.78 is 2.90. The molecule has 0 spiro atoms. The largest absolute Gasteiger partial charge is 0.329 e. The lowest BCUT2D eigenvalue weighted by molar-refractivity contribution is 0.819. The third kappa shape index (κ3) is 3.14. The highest BCUT2D eigenvalue weighted by atomic mass is 16.2. The van der Waals surface area contributed by atoms with Gasteiger partial charge in [-0.25, -0.2) is 10.2 Å². The van der Waals surface area contributed by atoms with Crippen LogP contribution in [0.5, 0.6) is 0 Å². The van der Waals surface area contributed by atoms with Crippen LogP contribution in [-0.4, -0.2) is 25.3 Å². The number of nitrogens with one attached hydrogen (secondary N) is 2. The Morgan fingerprint density at radius 1 is 1.32 bits per heavy atom. The van der Waals surface area contributed by atoms with Crippen LogP contribution < -0.4 is 16.7 Å². The number of fused-ring (bicyclic) bond motifs is 1. The molecule has 8 heteroatoms. The molecule has 0 atom stereocenters. The molecule has 0 saturated carbocycles. The Morgan fingerprint density at radius 2 is 2.04 bits per heavy atom. The zero-order chi connectivity index (χ0) is 18.0. The van der Waals surface area contributed by atoms with Crippen LogP contribution in [0.15, 0.2) is 51.6 Å². The number of benzene rings is 1. The molecule has 0 saturated heterocycles. The van der Waals surface area contributed by atoms with Gasteiger partial charge in [0, 0.05) is 13.6 Å². The summed E-state index contributed by atoms with van der Waals surface area (Å²) in [5.41, 5.74) is 4.47. The fraction of sp³-hybridized carbons (Fsp3) is 0.176. The third-order valence-electron chi connectivity index (χ3n) is 3.77. The average molecular weight is 338 g/mol. The van der Waals surface area contributed by atoms with E-state index >= 15 is 0 Å². The molecule has 0 aliphatic carbocycles. The van der Waals surface area contributed by atoms with E-state index in [0.717, 1.165) is 11.1 Å². The molecule has 2 heterocycles. The minimum atomic E-state index is -0.518. The Hall–Kier alpha value is -3.42. The van der Waals surface area contributed by atoms with Gasteiger partial charge >= 0.3 is 5.69 Å². The van der Waals surface area contributed by atoms with E-state index in [0.29, 0.717) is 12.5 Å². The Kier molecular flexibility index (Phi) is 4.34. The van der Waals surface area contributed by atoms with Crippen molar-refractivity contribution >= 4 is 23.3 Å². The average Bonchev–Trinajstić information content (AvgIpc) is 2.94. The lowest BCUT2D eigenvalue weighted by Gasteiger charge is -2.04. The quantitative estimate of drug-likeness (QED) is 0.417. The molecule has 3 aromatic rings. The van der Waals surface area contributed by atoms with Crippen LogP contribution in [0.3, 0.4) is 0 Å². The molecule has 8 nitrogen and oxygen atoms in total. The van der Waals surface area contributed by atoms with E-state index in [1.807, 2.05) is 31.2 Å². The van der Waals surface area contributed by atoms with Gasteiger partial charge < -0.3 is 0 Å². The first kappa shape index (κ1) is 16.4. The maximum Gasteiger partial charge on any atom is 0.329 e. The van der Waals surface area contributed by atoms with Gasteiger partial charge in [-0.1, -0.05) is 35.9 Å². The summed E-state index contributed by atoms with van der Waals surface area (Å²) in [7, 11) is 1.55. The van der Waals surface area contributed by atoms with E-state index in [2.05, 4.69) is 27.1 Å². The highest BCUT2D eigenvalue weighted by Gasteiger charge is 2.16. The lowest BCUT2D eigenvalue weighted by atomic mass is 10.2. The number of hydrogen-bond acceptors (Lipinski definition) is 5. The second-order valence-electron chi connectivity index (χ2n) is 5.61. The molecule has 0 radical (unpaired) electrons.